The monoisotopic (exact) mass is 328 g/mol. The molecule has 2 aromatic rings. The van der Waals surface area contributed by atoms with Gasteiger partial charge in [-0.1, -0.05) is 12.1 Å². The average Bonchev–Trinajstić information content (AvgIpc) is 2.63. The molecule has 0 saturated heterocycles. The standard InChI is InChI=1S/C18H16O6/c1-22-11-6-4-5-10-13(11)17(21)15-14(16(10)20)12(23-2)7-9(8-19)18(15)24-3/h4-7,19H,8H2,1-3H3. The lowest BCUT2D eigenvalue weighted by atomic mass is 9.81. The fourth-order valence-electron chi connectivity index (χ4n) is 3.03. The van der Waals surface area contributed by atoms with Crippen LogP contribution >= 0.6 is 0 Å². The third-order valence-electron chi connectivity index (χ3n) is 4.09. The number of rotatable bonds is 4. The Morgan fingerprint density at radius 2 is 1.58 bits per heavy atom. The van der Waals surface area contributed by atoms with Crippen molar-refractivity contribution in [3.63, 3.8) is 0 Å². The van der Waals surface area contributed by atoms with Gasteiger partial charge in [0.05, 0.1) is 44.6 Å². The van der Waals surface area contributed by atoms with Crippen LogP contribution < -0.4 is 14.2 Å². The van der Waals surface area contributed by atoms with E-state index in [9.17, 15) is 14.7 Å². The van der Waals surface area contributed by atoms with Crippen LogP contribution in [0, 0.1) is 0 Å². The second kappa shape index (κ2) is 5.98. The highest BCUT2D eigenvalue weighted by molar-refractivity contribution is 6.31. The second-order valence-electron chi connectivity index (χ2n) is 5.22. The Balaban J connectivity index is 2.41. The normalized spacial score (nSPS) is 12.5. The molecule has 24 heavy (non-hydrogen) atoms. The molecule has 0 amide bonds. The van der Waals surface area contributed by atoms with Gasteiger partial charge in [-0.05, 0) is 12.1 Å². The van der Waals surface area contributed by atoms with Crippen molar-refractivity contribution in [1.82, 2.24) is 0 Å². The minimum Gasteiger partial charge on any atom is -0.496 e. The number of methoxy groups -OCH3 is 3. The molecular formula is C18H16O6. The first-order valence-corrected chi connectivity index (χ1v) is 7.24. The van der Waals surface area contributed by atoms with Crippen LogP contribution in [-0.4, -0.2) is 38.0 Å². The van der Waals surface area contributed by atoms with Crippen molar-refractivity contribution in [2.45, 2.75) is 6.61 Å². The number of aliphatic hydroxyl groups excluding tert-OH is 1. The summed E-state index contributed by atoms with van der Waals surface area (Å²) < 4.78 is 15.8. The van der Waals surface area contributed by atoms with Gasteiger partial charge in [0, 0.05) is 11.1 Å². The lowest BCUT2D eigenvalue weighted by Gasteiger charge is -2.24. The van der Waals surface area contributed by atoms with E-state index >= 15 is 0 Å². The van der Waals surface area contributed by atoms with Crippen molar-refractivity contribution in [1.29, 1.82) is 0 Å². The molecule has 0 atom stereocenters. The minimum absolute atomic E-state index is 0.0860. The van der Waals surface area contributed by atoms with Gasteiger partial charge < -0.3 is 19.3 Å². The minimum atomic E-state index is -0.400. The topological polar surface area (TPSA) is 82.1 Å². The number of ether oxygens (including phenoxy) is 3. The zero-order valence-electron chi connectivity index (χ0n) is 13.5. The van der Waals surface area contributed by atoms with E-state index in [4.69, 9.17) is 14.2 Å². The Morgan fingerprint density at radius 3 is 2.17 bits per heavy atom. The smallest absolute Gasteiger partial charge is 0.202 e. The molecule has 0 heterocycles. The third kappa shape index (κ3) is 2.07. The van der Waals surface area contributed by atoms with Crippen molar-refractivity contribution in [3.05, 3.63) is 52.1 Å². The summed E-state index contributed by atoms with van der Waals surface area (Å²) in [6, 6.07) is 6.36. The summed E-state index contributed by atoms with van der Waals surface area (Å²) in [6.45, 7) is -0.354. The average molecular weight is 328 g/mol. The SMILES string of the molecule is COc1cccc2c1C(=O)c1c(OC)c(CO)cc(OC)c1C2=O. The molecule has 2 aromatic carbocycles. The fourth-order valence-corrected chi connectivity index (χ4v) is 3.03. The van der Waals surface area contributed by atoms with E-state index in [-0.39, 0.29) is 46.1 Å². The highest BCUT2D eigenvalue weighted by Gasteiger charge is 2.38. The molecule has 1 aliphatic rings. The Kier molecular flexibility index (Phi) is 3.99. The predicted octanol–water partition coefficient (Wildman–Crippen LogP) is 1.98. The first-order chi connectivity index (χ1) is 11.6. The van der Waals surface area contributed by atoms with Gasteiger partial charge in [0.2, 0.25) is 5.78 Å². The van der Waals surface area contributed by atoms with Gasteiger partial charge in [-0.2, -0.15) is 0 Å². The molecule has 0 unspecified atom stereocenters. The van der Waals surface area contributed by atoms with E-state index in [1.807, 2.05) is 0 Å². The van der Waals surface area contributed by atoms with Gasteiger partial charge in [0.1, 0.15) is 17.2 Å². The van der Waals surface area contributed by atoms with Crippen molar-refractivity contribution in [3.8, 4) is 17.2 Å². The molecule has 6 heteroatoms. The summed E-state index contributed by atoms with van der Waals surface area (Å²) in [5, 5.41) is 9.56. The Bertz CT molecular complexity index is 853. The molecule has 1 N–H and O–H groups in total. The number of hydrogen-bond donors (Lipinski definition) is 1. The summed E-state index contributed by atoms with van der Waals surface area (Å²) in [7, 11) is 4.23. The van der Waals surface area contributed by atoms with Crippen LogP contribution in [0.25, 0.3) is 0 Å². The zero-order valence-corrected chi connectivity index (χ0v) is 13.5. The van der Waals surface area contributed by atoms with E-state index in [2.05, 4.69) is 0 Å². The van der Waals surface area contributed by atoms with Gasteiger partial charge in [0.15, 0.2) is 5.78 Å². The fraction of sp³-hybridized carbons (Fsp3) is 0.222. The molecule has 0 fully saturated rings. The van der Waals surface area contributed by atoms with Crippen LogP contribution in [-0.2, 0) is 6.61 Å². The van der Waals surface area contributed by atoms with Crippen molar-refractivity contribution in [2.75, 3.05) is 21.3 Å². The number of carbonyl (C=O) groups is 2. The number of carbonyl (C=O) groups excluding carboxylic acids is 2. The Labute approximate surface area is 138 Å². The Morgan fingerprint density at radius 1 is 0.875 bits per heavy atom. The summed E-state index contributed by atoms with van der Waals surface area (Å²) in [5.41, 5.74) is 1.03. The number of aliphatic hydroxyl groups is 1. The summed E-state index contributed by atoms with van der Waals surface area (Å²) >= 11 is 0. The van der Waals surface area contributed by atoms with Gasteiger partial charge >= 0.3 is 0 Å². The molecule has 6 nitrogen and oxygen atoms in total. The molecule has 0 aromatic heterocycles. The van der Waals surface area contributed by atoms with Gasteiger partial charge in [-0.3, -0.25) is 9.59 Å². The second-order valence-corrected chi connectivity index (χ2v) is 5.22. The molecule has 0 saturated carbocycles. The maximum Gasteiger partial charge on any atom is 0.202 e. The summed E-state index contributed by atoms with van der Waals surface area (Å²) in [6.07, 6.45) is 0. The molecular weight excluding hydrogens is 312 g/mol. The molecule has 1 aliphatic carbocycles. The van der Waals surface area contributed by atoms with Crippen LogP contribution in [0.3, 0.4) is 0 Å². The maximum atomic E-state index is 13.1. The quantitative estimate of drug-likeness (QED) is 0.788. The van der Waals surface area contributed by atoms with Gasteiger partial charge in [-0.25, -0.2) is 0 Å². The van der Waals surface area contributed by atoms with Crippen LogP contribution in [0.4, 0.5) is 0 Å². The molecule has 3 rings (SSSR count). The van der Waals surface area contributed by atoms with Crippen LogP contribution in [0.1, 0.15) is 37.4 Å². The van der Waals surface area contributed by atoms with Crippen molar-refractivity contribution >= 4 is 11.6 Å². The van der Waals surface area contributed by atoms with Crippen LogP contribution in [0.2, 0.25) is 0 Å². The summed E-state index contributed by atoms with van der Waals surface area (Å²) in [4.78, 5) is 26.1. The maximum absolute atomic E-state index is 13.1. The molecule has 124 valence electrons. The van der Waals surface area contributed by atoms with Crippen LogP contribution in [0.5, 0.6) is 17.2 Å². The lowest BCUT2D eigenvalue weighted by Crippen LogP contribution is -2.24. The van der Waals surface area contributed by atoms with E-state index in [1.165, 1.54) is 27.4 Å². The van der Waals surface area contributed by atoms with E-state index < -0.39 is 5.78 Å². The van der Waals surface area contributed by atoms with Crippen LogP contribution in [0.15, 0.2) is 24.3 Å². The van der Waals surface area contributed by atoms with E-state index in [1.54, 1.807) is 18.2 Å². The number of hydrogen-bond acceptors (Lipinski definition) is 6. The number of benzene rings is 2. The summed E-state index contributed by atoms with van der Waals surface area (Å²) in [5.74, 6) is -0.0440. The molecule has 0 bridgehead atoms. The van der Waals surface area contributed by atoms with Crippen molar-refractivity contribution < 1.29 is 28.9 Å². The Hall–Kier alpha value is -2.86. The third-order valence-corrected chi connectivity index (χ3v) is 4.09. The first-order valence-electron chi connectivity index (χ1n) is 7.24. The highest BCUT2D eigenvalue weighted by Crippen LogP contribution is 2.42. The molecule has 0 radical (unpaired) electrons. The number of ketones is 2. The van der Waals surface area contributed by atoms with Gasteiger partial charge in [0.25, 0.3) is 0 Å². The predicted molar refractivity (Wildman–Crippen MR) is 85.3 cm³/mol. The molecule has 0 spiro atoms. The highest BCUT2D eigenvalue weighted by atomic mass is 16.5. The number of fused-ring (bicyclic) bond motifs is 2. The first kappa shape index (κ1) is 16.0. The van der Waals surface area contributed by atoms with E-state index in [0.717, 1.165) is 0 Å². The van der Waals surface area contributed by atoms with Crippen molar-refractivity contribution in [2.24, 2.45) is 0 Å². The lowest BCUT2D eigenvalue weighted by molar-refractivity contribution is 0.0970. The van der Waals surface area contributed by atoms with E-state index in [0.29, 0.717) is 11.3 Å². The largest absolute Gasteiger partial charge is 0.496 e. The zero-order chi connectivity index (χ0) is 17.4. The van der Waals surface area contributed by atoms with Gasteiger partial charge in [-0.15, -0.1) is 0 Å². The molecule has 0 aliphatic heterocycles.